The van der Waals surface area contributed by atoms with Crippen molar-refractivity contribution in [2.24, 2.45) is 5.10 Å². The van der Waals surface area contributed by atoms with E-state index in [1.165, 1.54) is 11.3 Å². The van der Waals surface area contributed by atoms with Crippen molar-refractivity contribution < 1.29 is 14.3 Å². The summed E-state index contributed by atoms with van der Waals surface area (Å²) in [4.78, 5) is 15.7. The molecule has 1 aromatic carbocycles. The van der Waals surface area contributed by atoms with Gasteiger partial charge in [-0.1, -0.05) is 12.1 Å². The fourth-order valence-corrected chi connectivity index (χ4v) is 2.47. The number of hydrogen-bond acceptors (Lipinski definition) is 7. The molecule has 23 heavy (non-hydrogen) atoms. The van der Waals surface area contributed by atoms with E-state index in [-0.39, 0.29) is 12.4 Å². The van der Waals surface area contributed by atoms with Crippen molar-refractivity contribution >= 4 is 28.7 Å². The highest BCUT2D eigenvalue weighted by Gasteiger charge is 2.07. The van der Waals surface area contributed by atoms with E-state index in [4.69, 9.17) is 9.47 Å². The predicted molar refractivity (Wildman–Crippen MR) is 91.3 cm³/mol. The van der Waals surface area contributed by atoms with E-state index in [0.29, 0.717) is 24.0 Å². The van der Waals surface area contributed by atoms with Crippen LogP contribution in [0.1, 0.15) is 25.1 Å². The molecule has 0 spiro atoms. The molecule has 122 valence electrons. The average molecular weight is 333 g/mol. The summed E-state index contributed by atoms with van der Waals surface area (Å²) in [7, 11) is 0. The minimum Gasteiger partial charge on any atom is -0.494 e. The van der Waals surface area contributed by atoms with Crippen LogP contribution in [0.15, 0.2) is 34.7 Å². The van der Waals surface area contributed by atoms with Crippen molar-refractivity contribution in [3.8, 4) is 5.75 Å². The number of nitrogens with zero attached hydrogens (tertiary/aromatic N) is 2. The van der Waals surface area contributed by atoms with Gasteiger partial charge >= 0.3 is 5.97 Å². The summed E-state index contributed by atoms with van der Waals surface area (Å²) in [6, 6.07) is 7.65. The summed E-state index contributed by atoms with van der Waals surface area (Å²) in [6.45, 7) is 4.72. The molecule has 1 aromatic heterocycles. The monoisotopic (exact) mass is 333 g/mol. The Balaban J connectivity index is 1.89. The summed E-state index contributed by atoms with van der Waals surface area (Å²) in [6.07, 6.45) is 1.86. The van der Waals surface area contributed by atoms with Crippen LogP contribution in [0.25, 0.3) is 0 Å². The Bertz CT molecular complexity index is 670. The molecule has 0 radical (unpaired) electrons. The third-order valence-corrected chi connectivity index (χ3v) is 3.52. The van der Waals surface area contributed by atoms with E-state index in [1.54, 1.807) is 13.1 Å². The Morgan fingerprint density at radius 2 is 2.26 bits per heavy atom. The largest absolute Gasteiger partial charge is 0.494 e. The minimum absolute atomic E-state index is 0.173. The highest BCUT2D eigenvalue weighted by Crippen LogP contribution is 2.16. The molecule has 0 bridgehead atoms. The molecule has 0 saturated carbocycles. The third kappa shape index (κ3) is 5.71. The standard InChI is InChI=1S/C16H19N3O3S/c1-3-21-14-7-5-6-12(8-14)10-17-19-16-18-13(11-23-16)9-15(20)22-4-2/h5-8,10-11H,3-4,9H2,1-2H3,(H,18,19)/b17-10-. The first-order chi connectivity index (χ1) is 11.2. The van der Waals surface area contributed by atoms with E-state index in [2.05, 4.69) is 15.5 Å². The van der Waals surface area contributed by atoms with Crippen molar-refractivity contribution in [2.45, 2.75) is 20.3 Å². The van der Waals surface area contributed by atoms with E-state index < -0.39 is 0 Å². The number of hydrogen-bond donors (Lipinski definition) is 1. The van der Waals surface area contributed by atoms with Crippen LogP contribution in [0.2, 0.25) is 0 Å². The highest BCUT2D eigenvalue weighted by molar-refractivity contribution is 7.13. The number of carbonyl (C=O) groups is 1. The second kappa shape index (κ2) is 8.89. The zero-order chi connectivity index (χ0) is 16.5. The lowest BCUT2D eigenvalue weighted by molar-refractivity contribution is -0.142. The molecule has 1 N–H and O–H groups in total. The van der Waals surface area contributed by atoms with E-state index in [1.807, 2.05) is 36.6 Å². The highest BCUT2D eigenvalue weighted by atomic mass is 32.1. The number of rotatable bonds is 8. The van der Waals surface area contributed by atoms with Crippen LogP contribution >= 0.6 is 11.3 Å². The second-order valence-corrected chi connectivity index (χ2v) is 5.36. The predicted octanol–water partition coefficient (Wildman–Crippen LogP) is 3.09. The number of ether oxygens (including phenoxy) is 2. The first-order valence-corrected chi connectivity index (χ1v) is 8.21. The molecule has 0 unspecified atom stereocenters. The van der Waals surface area contributed by atoms with Gasteiger partial charge in [-0.05, 0) is 31.5 Å². The normalized spacial score (nSPS) is 10.7. The number of hydrazone groups is 1. The number of aromatic nitrogens is 1. The van der Waals surface area contributed by atoms with Gasteiger partial charge in [0, 0.05) is 5.38 Å². The third-order valence-electron chi connectivity index (χ3n) is 2.73. The van der Waals surface area contributed by atoms with Crippen LogP contribution in [0.5, 0.6) is 5.75 Å². The average Bonchev–Trinajstić information content (AvgIpc) is 2.95. The topological polar surface area (TPSA) is 72.8 Å². The molecule has 0 aliphatic carbocycles. The van der Waals surface area contributed by atoms with Gasteiger partial charge in [0.15, 0.2) is 0 Å². The first kappa shape index (κ1) is 17.0. The van der Waals surface area contributed by atoms with Crippen LogP contribution in [-0.4, -0.2) is 30.4 Å². The Morgan fingerprint density at radius 3 is 3.04 bits per heavy atom. The van der Waals surface area contributed by atoms with Gasteiger partial charge in [-0.3, -0.25) is 10.2 Å². The van der Waals surface area contributed by atoms with Gasteiger partial charge in [-0.2, -0.15) is 5.10 Å². The van der Waals surface area contributed by atoms with Crippen molar-refractivity contribution in [2.75, 3.05) is 18.6 Å². The SMILES string of the molecule is CCOC(=O)Cc1csc(N/N=C\c2cccc(OCC)c2)n1. The first-order valence-electron chi connectivity index (χ1n) is 7.33. The maximum Gasteiger partial charge on any atom is 0.311 e. The molecule has 0 fully saturated rings. The van der Waals surface area contributed by atoms with Crippen molar-refractivity contribution in [1.29, 1.82) is 0 Å². The maximum atomic E-state index is 11.4. The van der Waals surface area contributed by atoms with Crippen molar-refractivity contribution in [1.82, 2.24) is 4.98 Å². The molecule has 0 aliphatic rings. The van der Waals surface area contributed by atoms with Gasteiger partial charge in [0.2, 0.25) is 5.13 Å². The zero-order valence-corrected chi connectivity index (χ0v) is 13.9. The van der Waals surface area contributed by atoms with Crippen LogP contribution in [0.3, 0.4) is 0 Å². The van der Waals surface area contributed by atoms with Gasteiger partial charge in [0.25, 0.3) is 0 Å². The molecule has 0 atom stereocenters. The molecule has 0 saturated heterocycles. The summed E-state index contributed by atoms with van der Waals surface area (Å²) >= 11 is 1.39. The summed E-state index contributed by atoms with van der Waals surface area (Å²) in [5.41, 5.74) is 4.45. The van der Waals surface area contributed by atoms with Gasteiger partial charge in [-0.15, -0.1) is 11.3 Å². The summed E-state index contributed by atoms with van der Waals surface area (Å²) in [5, 5.41) is 6.58. The Hall–Kier alpha value is -2.41. The van der Waals surface area contributed by atoms with Gasteiger partial charge in [0.1, 0.15) is 5.75 Å². The van der Waals surface area contributed by atoms with Crippen LogP contribution in [0, 0.1) is 0 Å². The zero-order valence-electron chi connectivity index (χ0n) is 13.1. The number of benzene rings is 1. The molecular formula is C16H19N3O3S. The fourth-order valence-electron chi connectivity index (χ4n) is 1.81. The smallest absolute Gasteiger partial charge is 0.311 e. The lowest BCUT2D eigenvalue weighted by atomic mass is 10.2. The molecule has 0 aliphatic heterocycles. The molecule has 1 heterocycles. The number of esters is 1. The van der Waals surface area contributed by atoms with Gasteiger partial charge in [0.05, 0.1) is 31.5 Å². The number of anilines is 1. The van der Waals surface area contributed by atoms with Crippen LogP contribution in [0.4, 0.5) is 5.13 Å². The van der Waals surface area contributed by atoms with E-state index in [9.17, 15) is 4.79 Å². The Morgan fingerprint density at radius 1 is 1.39 bits per heavy atom. The lowest BCUT2D eigenvalue weighted by Gasteiger charge is -2.02. The van der Waals surface area contributed by atoms with Gasteiger partial charge < -0.3 is 9.47 Å². The van der Waals surface area contributed by atoms with E-state index in [0.717, 1.165) is 11.3 Å². The molecule has 7 heteroatoms. The maximum absolute atomic E-state index is 11.4. The molecular weight excluding hydrogens is 314 g/mol. The Labute approximate surface area is 139 Å². The summed E-state index contributed by atoms with van der Waals surface area (Å²) in [5.74, 6) is 0.531. The van der Waals surface area contributed by atoms with E-state index >= 15 is 0 Å². The molecule has 2 aromatic rings. The Kier molecular flexibility index (Phi) is 6.56. The molecule has 6 nitrogen and oxygen atoms in total. The second-order valence-electron chi connectivity index (χ2n) is 4.50. The molecule has 0 amide bonds. The van der Waals surface area contributed by atoms with Crippen LogP contribution < -0.4 is 10.2 Å². The fraction of sp³-hybridized carbons (Fsp3) is 0.312. The van der Waals surface area contributed by atoms with Gasteiger partial charge in [-0.25, -0.2) is 4.98 Å². The van der Waals surface area contributed by atoms with Crippen LogP contribution in [-0.2, 0) is 16.0 Å². The number of thiazole rings is 1. The minimum atomic E-state index is -0.277. The van der Waals surface area contributed by atoms with Crippen molar-refractivity contribution in [3.05, 3.63) is 40.9 Å². The summed E-state index contributed by atoms with van der Waals surface area (Å²) < 4.78 is 10.3. The molecule has 2 rings (SSSR count). The lowest BCUT2D eigenvalue weighted by Crippen LogP contribution is -2.07. The number of carbonyl (C=O) groups excluding carboxylic acids is 1. The number of nitrogens with one attached hydrogen (secondary N) is 1. The quantitative estimate of drug-likeness (QED) is 0.456. The van der Waals surface area contributed by atoms with Crippen molar-refractivity contribution in [3.63, 3.8) is 0 Å².